The van der Waals surface area contributed by atoms with E-state index < -0.39 is 10.9 Å². The number of hydrogen-bond acceptors (Lipinski definition) is 5. The van der Waals surface area contributed by atoms with Gasteiger partial charge < -0.3 is 0 Å². The lowest BCUT2D eigenvalue weighted by molar-refractivity contribution is 1.27. The van der Waals surface area contributed by atoms with E-state index in [1.807, 2.05) is 11.6 Å². The van der Waals surface area contributed by atoms with Crippen molar-refractivity contribution in [2.24, 2.45) is 10.2 Å². The van der Waals surface area contributed by atoms with Crippen molar-refractivity contribution in [3.8, 4) is 0 Å². The van der Waals surface area contributed by atoms with Crippen LogP contribution in [0, 0.1) is 0 Å². The molecule has 0 fully saturated rings. The third-order valence-corrected chi connectivity index (χ3v) is 7.89. The van der Waals surface area contributed by atoms with Gasteiger partial charge in [-0.2, -0.15) is 16.0 Å². The molecule has 0 aliphatic carbocycles. The molecule has 1 aromatic heterocycles. The van der Waals surface area contributed by atoms with Crippen molar-refractivity contribution in [3.05, 3.63) is 60.2 Å². The zero-order valence-electron chi connectivity index (χ0n) is 12.3. The minimum atomic E-state index is -0.390. The summed E-state index contributed by atoms with van der Waals surface area (Å²) in [5.74, 6) is 1.90. The molecule has 0 radical (unpaired) electrons. The van der Waals surface area contributed by atoms with E-state index in [4.69, 9.17) is 0 Å². The highest BCUT2D eigenvalue weighted by atomic mass is 32.2. The Kier molecular flexibility index (Phi) is 4.46. The molecule has 1 aliphatic heterocycles. The second-order valence-electron chi connectivity index (χ2n) is 5.10. The third-order valence-electron chi connectivity index (χ3n) is 3.49. The number of aromatic nitrogens is 1. The third kappa shape index (κ3) is 3.49. The summed E-state index contributed by atoms with van der Waals surface area (Å²) in [6.07, 6.45) is 0. The Morgan fingerprint density at radius 2 is 1.83 bits per heavy atom. The molecule has 23 heavy (non-hydrogen) atoms. The fourth-order valence-electron chi connectivity index (χ4n) is 2.34. The molecule has 1 unspecified atom stereocenters. The van der Waals surface area contributed by atoms with Gasteiger partial charge in [-0.3, -0.25) is 0 Å². The molecule has 2 aromatic carbocycles. The van der Waals surface area contributed by atoms with Crippen molar-refractivity contribution in [2.45, 2.75) is 10.1 Å². The predicted octanol–water partition coefficient (Wildman–Crippen LogP) is 4.95. The van der Waals surface area contributed by atoms with Crippen LogP contribution in [0.25, 0.3) is 10.2 Å². The molecule has 3 aromatic rings. The van der Waals surface area contributed by atoms with Crippen molar-refractivity contribution < 1.29 is 0 Å². The summed E-state index contributed by atoms with van der Waals surface area (Å²) in [4.78, 5) is 4.68. The SMILES string of the molecule is C1=NN=C(CSc2nc3ccccc3s2)[SH]1Cc1ccccc1. The van der Waals surface area contributed by atoms with Crippen LogP contribution in [0.2, 0.25) is 0 Å². The van der Waals surface area contributed by atoms with E-state index in [1.165, 1.54) is 15.3 Å². The molecule has 6 heteroatoms. The monoisotopic (exact) mass is 357 g/mol. The van der Waals surface area contributed by atoms with E-state index in [-0.39, 0.29) is 0 Å². The van der Waals surface area contributed by atoms with Crippen molar-refractivity contribution in [2.75, 3.05) is 5.75 Å². The number of hydrogen-bond donors (Lipinski definition) is 1. The van der Waals surface area contributed by atoms with Gasteiger partial charge in [0.25, 0.3) is 0 Å². The summed E-state index contributed by atoms with van der Waals surface area (Å²) in [5.41, 5.74) is 4.46. The molecule has 0 bridgehead atoms. The Balaban J connectivity index is 1.42. The molecule has 2 heterocycles. The maximum Gasteiger partial charge on any atom is 0.151 e. The summed E-state index contributed by atoms with van der Waals surface area (Å²) in [6, 6.07) is 18.9. The van der Waals surface area contributed by atoms with Crippen LogP contribution in [0.3, 0.4) is 0 Å². The van der Waals surface area contributed by atoms with Gasteiger partial charge >= 0.3 is 0 Å². The fraction of sp³-hybridized carbons (Fsp3) is 0.118. The Morgan fingerprint density at radius 3 is 2.70 bits per heavy atom. The van der Waals surface area contributed by atoms with Crippen LogP contribution in [0.5, 0.6) is 0 Å². The number of fused-ring (bicyclic) bond motifs is 1. The highest BCUT2D eigenvalue weighted by Gasteiger charge is 2.16. The second-order valence-corrected chi connectivity index (χ2v) is 9.35. The van der Waals surface area contributed by atoms with Crippen LogP contribution >= 0.6 is 34.0 Å². The zero-order valence-corrected chi connectivity index (χ0v) is 14.8. The molecule has 4 rings (SSSR count). The Bertz CT molecular complexity index is 838. The molecule has 0 amide bonds. The van der Waals surface area contributed by atoms with Crippen molar-refractivity contribution in [1.29, 1.82) is 0 Å². The summed E-state index contributed by atoms with van der Waals surface area (Å²) >= 11 is 3.52. The average Bonchev–Trinajstić information content (AvgIpc) is 3.20. The minimum absolute atomic E-state index is 0.390. The van der Waals surface area contributed by atoms with E-state index >= 15 is 0 Å². The molecule has 1 atom stereocenters. The van der Waals surface area contributed by atoms with Gasteiger partial charge in [0.15, 0.2) is 4.34 Å². The zero-order chi connectivity index (χ0) is 15.5. The van der Waals surface area contributed by atoms with Gasteiger partial charge in [-0.1, -0.05) is 54.2 Å². The van der Waals surface area contributed by atoms with Gasteiger partial charge in [0.1, 0.15) is 0 Å². The molecule has 116 valence electrons. The van der Waals surface area contributed by atoms with Crippen LogP contribution in [-0.2, 0) is 5.75 Å². The maximum absolute atomic E-state index is 4.68. The first kappa shape index (κ1) is 14.9. The van der Waals surface area contributed by atoms with E-state index in [0.29, 0.717) is 0 Å². The largest absolute Gasteiger partial charge is 0.230 e. The lowest BCUT2D eigenvalue weighted by Gasteiger charge is -2.13. The Hall–Kier alpha value is -1.63. The smallest absolute Gasteiger partial charge is 0.151 e. The van der Waals surface area contributed by atoms with E-state index in [1.54, 1.807) is 23.1 Å². The van der Waals surface area contributed by atoms with Crippen LogP contribution in [0.1, 0.15) is 5.56 Å². The first-order chi connectivity index (χ1) is 11.4. The maximum atomic E-state index is 4.68. The van der Waals surface area contributed by atoms with Gasteiger partial charge in [-0.05, 0) is 17.7 Å². The van der Waals surface area contributed by atoms with Gasteiger partial charge in [-0.15, -0.1) is 16.4 Å². The van der Waals surface area contributed by atoms with Crippen LogP contribution < -0.4 is 0 Å². The number of rotatable bonds is 5. The molecular weight excluding hydrogens is 342 g/mol. The van der Waals surface area contributed by atoms with E-state index in [2.05, 4.69) is 63.7 Å². The van der Waals surface area contributed by atoms with Crippen molar-refractivity contribution in [1.82, 2.24) is 4.98 Å². The summed E-state index contributed by atoms with van der Waals surface area (Å²) in [7, 11) is -0.390. The number of thiol groups is 1. The number of benzene rings is 2. The second kappa shape index (κ2) is 6.86. The number of nitrogens with zero attached hydrogens (tertiary/aromatic N) is 3. The molecule has 1 aliphatic rings. The molecule has 0 saturated carbocycles. The van der Waals surface area contributed by atoms with E-state index in [0.717, 1.165) is 21.4 Å². The lowest BCUT2D eigenvalue weighted by Crippen LogP contribution is -2.02. The predicted molar refractivity (Wildman–Crippen MR) is 105 cm³/mol. The molecule has 0 N–H and O–H groups in total. The highest BCUT2D eigenvalue weighted by Crippen LogP contribution is 2.37. The summed E-state index contributed by atoms with van der Waals surface area (Å²) < 4.78 is 2.35. The molecule has 0 saturated heterocycles. The normalized spacial score (nSPS) is 18.4. The number of thiazole rings is 1. The quantitative estimate of drug-likeness (QED) is 0.518. The minimum Gasteiger partial charge on any atom is -0.230 e. The summed E-state index contributed by atoms with van der Waals surface area (Å²) in [5, 5.41) is 9.71. The van der Waals surface area contributed by atoms with Gasteiger partial charge in [0, 0.05) is 11.5 Å². The van der Waals surface area contributed by atoms with Gasteiger partial charge in [-0.25, -0.2) is 4.98 Å². The summed E-state index contributed by atoms with van der Waals surface area (Å²) in [6.45, 7) is 0. The first-order valence-corrected chi connectivity index (χ1v) is 10.7. The van der Waals surface area contributed by atoms with Gasteiger partial charge in [0.05, 0.1) is 20.8 Å². The Morgan fingerprint density at radius 1 is 1.00 bits per heavy atom. The van der Waals surface area contributed by atoms with Crippen molar-refractivity contribution in [3.63, 3.8) is 0 Å². The number of para-hydroxylation sites is 1. The molecular formula is C17H15N3S3. The lowest BCUT2D eigenvalue weighted by atomic mass is 10.2. The standard InChI is InChI=1S/C17H15N3S3/c1-2-6-13(7-3-1)11-23-12-18-20-16(23)10-21-17-19-14-8-4-5-9-15(14)22-17/h1-9,12,23H,10-11H2. The highest BCUT2D eigenvalue weighted by molar-refractivity contribution is 8.40. The molecule has 3 nitrogen and oxygen atoms in total. The topological polar surface area (TPSA) is 37.6 Å². The van der Waals surface area contributed by atoms with Crippen molar-refractivity contribution >= 4 is 54.8 Å². The first-order valence-electron chi connectivity index (χ1n) is 7.27. The average molecular weight is 358 g/mol. The van der Waals surface area contributed by atoms with Gasteiger partial charge in [0.2, 0.25) is 0 Å². The molecule has 0 spiro atoms. The van der Waals surface area contributed by atoms with E-state index in [9.17, 15) is 0 Å². The number of thioether (sulfide) groups is 1. The van der Waals surface area contributed by atoms with Crippen LogP contribution in [0.15, 0.2) is 69.1 Å². The van der Waals surface area contributed by atoms with Crippen LogP contribution in [-0.4, -0.2) is 21.3 Å². The van der Waals surface area contributed by atoms with Crippen LogP contribution in [0.4, 0.5) is 0 Å². The fourth-order valence-corrected chi connectivity index (χ4v) is 6.40. The Labute approximate surface area is 145 Å².